The van der Waals surface area contributed by atoms with Gasteiger partial charge in [-0.1, -0.05) is 50.5 Å². The summed E-state index contributed by atoms with van der Waals surface area (Å²) in [5, 5.41) is 30.7. The van der Waals surface area contributed by atoms with Crippen LogP contribution in [0.4, 0.5) is 22.0 Å². The quantitative estimate of drug-likeness (QED) is 0.0744. The summed E-state index contributed by atoms with van der Waals surface area (Å²) in [6, 6.07) is 0. The Morgan fingerprint density at radius 2 is 1.62 bits per heavy atom. The van der Waals surface area contributed by atoms with Crippen molar-refractivity contribution in [2.24, 2.45) is 11.8 Å². The number of esters is 1. The van der Waals surface area contributed by atoms with E-state index < -0.39 is 65.5 Å². The van der Waals surface area contributed by atoms with Crippen molar-refractivity contribution in [2.45, 2.75) is 89.6 Å². The number of unbranched alkanes of at least 4 members (excludes halogenated alkanes) is 3. The third kappa shape index (κ3) is 8.90. The highest BCUT2D eigenvalue weighted by molar-refractivity contribution is 5.69. The van der Waals surface area contributed by atoms with Crippen LogP contribution in [0.5, 0.6) is 0 Å². The maximum absolute atomic E-state index is 13.6. The highest BCUT2D eigenvalue weighted by Crippen LogP contribution is 2.36. The van der Waals surface area contributed by atoms with Gasteiger partial charge in [-0.05, 0) is 31.6 Å². The number of carbonyl (C=O) groups is 1. The summed E-state index contributed by atoms with van der Waals surface area (Å²) in [7, 11) is 0. The molecule has 37 heavy (non-hydrogen) atoms. The highest BCUT2D eigenvalue weighted by Gasteiger charge is 2.39. The van der Waals surface area contributed by atoms with E-state index in [4.69, 9.17) is 0 Å². The third-order valence-electron chi connectivity index (χ3n) is 6.58. The maximum Gasteiger partial charge on any atom is 0.306 e. The van der Waals surface area contributed by atoms with Crippen molar-refractivity contribution in [3.05, 3.63) is 59.0 Å². The maximum atomic E-state index is 13.6. The van der Waals surface area contributed by atoms with Crippen LogP contribution in [0.2, 0.25) is 0 Å². The topological polar surface area (TPSA) is 87.0 Å². The average molecular weight is 535 g/mol. The second-order valence-corrected chi connectivity index (χ2v) is 9.37. The molecule has 0 bridgehead atoms. The number of aliphatic hydroxyl groups is 3. The fourth-order valence-corrected chi connectivity index (χ4v) is 4.40. The van der Waals surface area contributed by atoms with E-state index >= 15 is 0 Å². The van der Waals surface area contributed by atoms with E-state index in [1.165, 1.54) is 0 Å². The van der Waals surface area contributed by atoms with Crippen LogP contribution >= 0.6 is 0 Å². The molecule has 1 fully saturated rings. The first-order chi connectivity index (χ1) is 17.6. The smallest absolute Gasteiger partial charge is 0.306 e. The molecule has 1 aromatic rings. The highest BCUT2D eigenvalue weighted by atomic mass is 19.2. The monoisotopic (exact) mass is 534 g/mol. The van der Waals surface area contributed by atoms with Gasteiger partial charge in [0.2, 0.25) is 5.82 Å². The van der Waals surface area contributed by atoms with Gasteiger partial charge >= 0.3 is 5.97 Å². The predicted octanol–water partition coefficient (Wildman–Crippen LogP) is 5.40. The van der Waals surface area contributed by atoms with Crippen molar-refractivity contribution in [3.63, 3.8) is 0 Å². The molecule has 1 aliphatic carbocycles. The number of carbonyl (C=O) groups excluding carboxylic acids is 1. The number of rotatable bonds is 14. The molecule has 3 N–H and O–H groups in total. The summed E-state index contributed by atoms with van der Waals surface area (Å²) in [4.78, 5) is 11.8. The zero-order chi connectivity index (χ0) is 27.5. The number of allylic oxidation sites excluding steroid dienone is 2. The molecule has 1 aliphatic rings. The van der Waals surface area contributed by atoms with E-state index in [0.29, 0.717) is 25.7 Å². The second-order valence-electron chi connectivity index (χ2n) is 9.37. The van der Waals surface area contributed by atoms with E-state index in [0.717, 1.165) is 19.3 Å². The van der Waals surface area contributed by atoms with Crippen molar-refractivity contribution in [2.75, 3.05) is 0 Å². The molecule has 1 unspecified atom stereocenters. The Balaban J connectivity index is 1.76. The molecule has 0 amide bonds. The van der Waals surface area contributed by atoms with Crippen LogP contribution in [0, 0.1) is 40.9 Å². The molecule has 0 radical (unpaired) electrons. The first-order valence-corrected chi connectivity index (χ1v) is 12.6. The van der Waals surface area contributed by atoms with Gasteiger partial charge in [-0.2, -0.15) is 0 Å². The van der Waals surface area contributed by atoms with E-state index in [1.54, 1.807) is 18.2 Å². The van der Waals surface area contributed by atoms with Gasteiger partial charge in [0.25, 0.3) is 0 Å². The summed E-state index contributed by atoms with van der Waals surface area (Å²) in [6.07, 6.45) is 10.1. The lowest BCUT2D eigenvalue weighted by molar-refractivity contribution is -0.145. The Morgan fingerprint density at radius 3 is 2.27 bits per heavy atom. The van der Waals surface area contributed by atoms with Crippen molar-refractivity contribution >= 4 is 5.97 Å². The van der Waals surface area contributed by atoms with Crippen molar-refractivity contribution in [1.82, 2.24) is 0 Å². The van der Waals surface area contributed by atoms with Crippen LogP contribution in [0.25, 0.3) is 0 Å². The van der Waals surface area contributed by atoms with Gasteiger partial charge in [0.05, 0.1) is 23.9 Å². The SMILES string of the molecule is CCCCCC(O)/C=C/[C@@H]1[C@@H](C/C=C\CCCC(=O)OCc2c(F)c(F)c(F)c(F)c2F)[C@@H](O)C[C@H]1O. The Hall–Kier alpha value is -2.30. The third-order valence-corrected chi connectivity index (χ3v) is 6.58. The first-order valence-electron chi connectivity index (χ1n) is 12.6. The molecule has 1 aromatic carbocycles. The molecular formula is C27H35F5O5. The predicted molar refractivity (Wildman–Crippen MR) is 127 cm³/mol. The van der Waals surface area contributed by atoms with Gasteiger partial charge in [0, 0.05) is 18.8 Å². The number of hydrogen-bond acceptors (Lipinski definition) is 5. The minimum Gasteiger partial charge on any atom is -0.461 e. The molecule has 10 heteroatoms. The molecule has 0 heterocycles. The van der Waals surface area contributed by atoms with Crippen LogP contribution < -0.4 is 0 Å². The Bertz CT molecular complexity index is 923. The lowest BCUT2D eigenvalue weighted by Gasteiger charge is -2.19. The summed E-state index contributed by atoms with van der Waals surface area (Å²) in [5.41, 5.74) is -1.21. The number of hydrogen-bond donors (Lipinski definition) is 3. The van der Waals surface area contributed by atoms with Crippen molar-refractivity contribution < 1.29 is 46.8 Å². The fraction of sp³-hybridized carbons (Fsp3) is 0.593. The van der Waals surface area contributed by atoms with E-state index in [1.807, 2.05) is 6.08 Å². The number of benzene rings is 1. The van der Waals surface area contributed by atoms with Crippen LogP contribution in [0.15, 0.2) is 24.3 Å². The molecule has 5 nitrogen and oxygen atoms in total. The Labute approximate surface area is 213 Å². The van der Waals surface area contributed by atoms with Gasteiger partial charge in [0.15, 0.2) is 23.3 Å². The van der Waals surface area contributed by atoms with E-state index in [-0.39, 0.29) is 24.7 Å². The minimum absolute atomic E-state index is 0.133. The summed E-state index contributed by atoms with van der Waals surface area (Å²) in [5.74, 6) is -11.9. The molecule has 0 saturated heterocycles. The molecular weight excluding hydrogens is 499 g/mol. The standard InChI is InChI=1S/C27H35F5O5/c1-2-3-6-9-16(33)12-13-18-17(20(34)14-21(18)35)10-7-4-5-8-11-22(36)37-15-19-23(28)25(30)27(32)26(31)24(19)29/h4,7,12-13,16-18,20-21,33-35H,2-3,5-6,8-11,14-15H2,1H3/b7-4-,13-12+/t16?,17-,18-,20+,21-/m1/s1. The summed E-state index contributed by atoms with van der Waals surface area (Å²) < 4.78 is 71.4. The fourth-order valence-electron chi connectivity index (χ4n) is 4.40. The average Bonchev–Trinajstić information content (AvgIpc) is 3.14. The number of ether oxygens (including phenoxy) is 1. The summed E-state index contributed by atoms with van der Waals surface area (Å²) in [6.45, 7) is 1.00. The zero-order valence-electron chi connectivity index (χ0n) is 20.8. The molecule has 0 aliphatic heterocycles. The number of aliphatic hydroxyl groups excluding tert-OH is 3. The van der Waals surface area contributed by atoms with Gasteiger partial charge < -0.3 is 20.1 Å². The normalized spacial score (nSPS) is 22.8. The van der Waals surface area contributed by atoms with Crippen molar-refractivity contribution in [1.29, 1.82) is 0 Å². The number of halogens is 5. The largest absolute Gasteiger partial charge is 0.461 e. The minimum atomic E-state index is -2.28. The van der Waals surface area contributed by atoms with Crippen LogP contribution in [0.3, 0.4) is 0 Å². The van der Waals surface area contributed by atoms with Crippen LogP contribution in [-0.2, 0) is 16.1 Å². The molecule has 0 aromatic heterocycles. The zero-order valence-corrected chi connectivity index (χ0v) is 20.8. The van der Waals surface area contributed by atoms with Crippen LogP contribution in [0.1, 0.15) is 70.3 Å². The van der Waals surface area contributed by atoms with Gasteiger partial charge in [-0.3, -0.25) is 4.79 Å². The molecule has 2 rings (SSSR count). The van der Waals surface area contributed by atoms with Crippen molar-refractivity contribution in [3.8, 4) is 0 Å². The summed E-state index contributed by atoms with van der Waals surface area (Å²) >= 11 is 0. The second kappa shape index (κ2) is 15.2. The Kier molecular flexibility index (Phi) is 12.7. The molecule has 5 atom stereocenters. The van der Waals surface area contributed by atoms with Gasteiger partial charge in [-0.15, -0.1) is 0 Å². The Morgan fingerprint density at radius 1 is 0.973 bits per heavy atom. The molecule has 0 spiro atoms. The molecule has 208 valence electrons. The van der Waals surface area contributed by atoms with Gasteiger partial charge in [-0.25, -0.2) is 22.0 Å². The lowest BCUT2D eigenvalue weighted by Crippen LogP contribution is -2.20. The van der Waals surface area contributed by atoms with E-state index in [2.05, 4.69) is 11.7 Å². The van der Waals surface area contributed by atoms with Crippen LogP contribution in [-0.4, -0.2) is 39.6 Å². The lowest BCUT2D eigenvalue weighted by atomic mass is 9.89. The van der Waals surface area contributed by atoms with E-state index in [9.17, 15) is 42.1 Å². The first kappa shape index (κ1) is 30.9. The molecule has 1 saturated carbocycles. The van der Waals surface area contributed by atoms with Gasteiger partial charge in [0.1, 0.15) is 6.61 Å².